The van der Waals surface area contributed by atoms with Crippen LogP contribution in [0.25, 0.3) is 0 Å². The summed E-state index contributed by atoms with van der Waals surface area (Å²) in [7, 11) is 0. The van der Waals surface area contributed by atoms with E-state index >= 15 is 0 Å². The van der Waals surface area contributed by atoms with Gasteiger partial charge in [-0.15, -0.1) is 0 Å². The fourth-order valence-electron chi connectivity index (χ4n) is 2.95. The monoisotopic (exact) mass is 389 g/mol. The molecule has 3 N–H and O–H groups in total. The third kappa shape index (κ3) is 5.62. The van der Waals surface area contributed by atoms with Crippen LogP contribution < -0.4 is 16.0 Å². The van der Waals surface area contributed by atoms with E-state index in [-0.39, 0.29) is 17.5 Å². The van der Waals surface area contributed by atoms with Crippen molar-refractivity contribution in [3.63, 3.8) is 0 Å². The van der Waals surface area contributed by atoms with E-state index in [1.54, 1.807) is 37.3 Å². The minimum absolute atomic E-state index is 0.132. The second-order valence-electron chi connectivity index (χ2n) is 6.93. The molecule has 2 aromatic carbocycles. The number of hydrogen-bond acceptors (Lipinski definition) is 5. The highest BCUT2D eigenvalue weighted by molar-refractivity contribution is 6.03. The largest absolute Gasteiger partial charge is 0.326 e. The first-order valence-electron chi connectivity index (χ1n) is 9.18. The van der Waals surface area contributed by atoms with Crippen LogP contribution in [0.4, 0.5) is 23.0 Å². The van der Waals surface area contributed by atoms with E-state index in [0.29, 0.717) is 17.3 Å². The molecular weight excluding hydrogens is 366 g/mol. The summed E-state index contributed by atoms with van der Waals surface area (Å²) in [5.41, 5.74) is 5.25. The lowest BCUT2D eigenvalue weighted by Crippen LogP contribution is -2.15. The number of nitrogens with zero attached hydrogens (tertiary/aromatic N) is 2. The van der Waals surface area contributed by atoms with Crippen molar-refractivity contribution in [2.45, 2.75) is 27.7 Å². The summed E-state index contributed by atoms with van der Waals surface area (Å²) in [6.07, 6.45) is 0. The average molecular weight is 389 g/mol. The fourth-order valence-corrected chi connectivity index (χ4v) is 2.95. The lowest BCUT2D eigenvalue weighted by Gasteiger charge is -2.10. The standard InChI is InChI=1S/C22H23N5O2/c1-13-9-14(2)11-19(10-13)25-21(29)20-12-15(3)23-22(27-20)26-18-7-5-17(6-8-18)24-16(4)28/h5-12H,1-4H3,(H,24,28)(H,25,29)(H,23,26,27). The zero-order chi connectivity index (χ0) is 21.0. The number of hydrogen-bond donors (Lipinski definition) is 3. The number of amides is 2. The van der Waals surface area contributed by atoms with Gasteiger partial charge in [-0.1, -0.05) is 6.07 Å². The quantitative estimate of drug-likeness (QED) is 0.603. The average Bonchev–Trinajstić information content (AvgIpc) is 2.61. The van der Waals surface area contributed by atoms with Gasteiger partial charge in [0.2, 0.25) is 11.9 Å². The molecule has 0 saturated heterocycles. The Kier molecular flexibility index (Phi) is 5.87. The second kappa shape index (κ2) is 8.52. The molecule has 7 nitrogen and oxygen atoms in total. The fraction of sp³-hybridized carbons (Fsp3) is 0.182. The number of carbonyl (C=O) groups is 2. The zero-order valence-corrected chi connectivity index (χ0v) is 16.8. The topological polar surface area (TPSA) is 96.0 Å². The smallest absolute Gasteiger partial charge is 0.274 e. The van der Waals surface area contributed by atoms with Crippen molar-refractivity contribution >= 4 is 34.8 Å². The molecule has 29 heavy (non-hydrogen) atoms. The minimum atomic E-state index is -0.301. The molecule has 3 rings (SSSR count). The van der Waals surface area contributed by atoms with Crippen LogP contribution in [0.2, 0.25) is 0 Å². The normalized spacial score (nSPS) is 10.3. The van der Waals surface area contributed by atoms with Gasteiger partial charge in [-0.2, -0.15) is 0 Å². The number of benzene rings is 2. The first-order valence-corrected chi connectivity index (χ1v) is 9.18. The number of aromatic nitrogens is 2. The van der Waals surface area contributed by atoms with Crippen molar-refractivity contribution in [2.75, 3.05) is 16.0 Å². The van der Waals surface area contributed by atoms with E-state index in [9.17, 15) is 9.59 Å². The van der Waals surface area contributed by atoms with E-state index in [2.05, 4.69) is 25.9 Å². The number of nitrogens with one attached hydrogen (secondary N) is 3. The molecule has 0 fully saturated rings. The van der Waals surface area contributed by atoms with Gasteiger partial charge in [-0.25, -0.2) is 9.97 Å². The Morgan fingerprint density at radius 2 is 1.38 bits per heavy atom. The van der Waals surface area contributed by atoms with Gasteiger partial charge in [0, 0.05) is 29.7 Å². The molecule has 0 radical (unpaired) electrons. The van der Waals surface area contributed by atoms with Gasteiger partial charge in [0.15, 0.2) is 0 Å². The van der Waals surface area contributed by atoms with Gasteiger partial charge in [0.25, 0.3) is 5.91 Å². The summed E-state index contributed by atoms with van der Waals surface area (Å²) in [5, 5.41) is 8.68. The molecule has 0 aliphatic heterocycles. The van der Waals surface area contributed by atoms with Gasteiger partial charge < -0.3 is 16.0 Å². The molecule has 1 heterocycles. The summed E-state index contributed by atoms with van der Waals surface area (Å²) < 4.78 is 0. The molecule has 0 aliphatic carbocycles. The molecule has 0 aliphatic rings. The predicted molar refractivity (Wildman–Crippen MR) is 115 cm³/mol. The van der Waals surface area contributed by atoms with Crippen molar-refractivity contribution in [2.24, 2.45) is 0 Å². The van der Waals surface area contributed by atoms with Crippen molar-refractivity contribution < 1.29 is 9.59 Å². The van der Waals surface area contributed by atoms with E-state index in [4.69, 9.17) is 0 Å². The van der Waals surface area contributed by atoms with Gasteiger partial charge in [0.1, 0.15) is 5.69 Å². The molecule has 0 atom stereocenters. The van der Waals surface area contributed by atoms with Crippen LogP contribution in [-0.4, -0.2) is 21.8 Å². The number of aryl methyl sites for hydroxylation is 3. The molecule has 1 aromatic heterocycles. The van der Waals surface area contributed by atoms with Gasteiger partial charge >= 0.3 is 0 Å². The Morgan fingerprint density at radius 3 is 2.00 bits per heavy atom. The predicted octanol–water partition coefficient (Wildman–Crippen LogP) is 4.36. The second-order valence-corrected chi connectivity index (χ2v) is 6.93. The Labute approximate surface area is 169 Å². The van der Waals surface area contributed by atoms with Crippen LogP contribution in [0.15, 0.2) is 48.5 Å². The molecule has 0 bridgehead atoms. The minimum Gasteiger partial charge on any atom is -0.326 e. The number of carbonyl (C=O) groups excluding carboxylic acids is 2. The molecule has 0 spiro atoms. The van der Waals surface area contributed by atoms with E-state index in [0.717, 1.165) is 22.5 Å². The first kappa shape index (κ1) is 20.0. The Morgan fingerprint density at radius 1 is 0.759 bits per heavy atom. The molecule has 2 amide bonds. The molecule has 148 valence electrons. The van der Waals surface area contributed by atoms with Gasteiger partial charge in [0.05, 0.1) is 0 Å². The van der Waals surface area contributed by atoms with Crippen LogP contribution in [0.1, 0.15) is 34.2 Å². The molecule has 7 heteroatoms. The van der Waals surface area contributed by atoms with E-state index in [1.807, 2.05) is 32.0 Å². The highest BCUT2D eigenvalue weighted by Gasteiger charge is 2.12. The van der Waals surface area contributed by atoms with Crippen LogP contribution in [0.5, 0.6) is 0 Å². The Bertz CT molecular complexity index is 1040. The third-order valence-corrected chi connectivity index (χ3v) is 4.03. The van der Waals surface area contributed by atoms with Crippen LogP contribution in [0, 0.1) is 20.8 Å². The highest BCUT2D eigenvalue weighted by atomic mass is 16.2. The van der Waals surface area contributed by atoms with Crippen molar-refractivity contribution in [1.82, 2.24) is 9.97 Å². The molecular formula is C22H23N5O2. The SMILES string of the molecule is CC(=O)Nc1ccc(Nc2nc(C)cc(C(=O)Nc3cc(C)cc(C)c3)n2)cc1. The van der Waals surface area contributed by atoms with Crippen molar-refractivity contribution in [3.05, 3.63) is 71.0 Å². The molecule has 0 unspecified atom stereocenters. The van der Waals surface area contributed by atoms with E-state index < -0.39 is 0 Å². The van der Waals surface area contributed by atoms with Crippen LogP contribution in [-0.2, 0) is 4.79 Å². The van der Waals surface area contributed by atoms with Crippen molar-refractivity contribution in [1.29, 1.82) is 0 Å². The van der Waals surface area contributed by atoms with Gasteiger partial charge in [-0.3, -0.25) is 9.59 Å². The molecule has 3 aromatic rings. The highest BCUT2D eigenvalue weighted by Crippen LogP contribution is 2.18. The Hall–Kier alpha value is -3.74. The maximum absolute atomic E-state index is 12.7. The number of rotatable bonds is 5. The first-order chi connectivity index (χ1) is 13.8. The maximum atomic E-state index is 12.7. The Balaban J connectivity index is 1.76. The van der Waals surface area contributed by atoms with E-state index in [1.165, 1.54) is 6.92 Å². The third-order valence-electron chi connectivity index (χ3n) is 4.03. The molecule has 0 saturated carbocycles. The lowest BCUT2D eigenvalue weighted by molar-refractivity contribution is -0.114. The lowest BCUT2D eigenvalue weighted by atomic mass is 10.1. The van der Waals surface area contributed by atoms with Crippen molar-refractivity contribution in [3.8, 4) is 0 Å². The number of anilines is 4. The maximum Gasteiger partial charge on any atom is 0.274 e. The summed E-state index contributed by atoms with van der Waals surface area (Å²) in [4.78, 5) is 32.5. The summed E-state index contributed by atoms with van der Waals surface area (Å²) >= 11 is 0. The van der Waals surface area contributed by atoms with Gasteiger partial charge in [-0.05, 0) is 74.4 Å². The summed E-state index contributed by atoms with van der Waals surface area (Å²) in [5.74, 6) is -0.111. The van der Waals surface area contributed by atoms with Crippen LogP contribution in [0.3, 0.4) is 0 Å². The summed E-state index contributed by atoms with van der Waals surface area (Å²) in [6, 6.07) is 14.6. The summed E-state index contributed by atoms with van der Waals surface area (Å²) in [6.45, 7) is 7.23. The van der Waals surface area contributed by atoms with Crippen LogP contribution >= 0.6 is 0 Å². The zero-order valence-electron chi connectivity index (χ0n) is 16.8.